The highest BCUT2D eigenvalue weighted by Crippen LogP contribution is 2.14. The third-order valence-corrected chi connectivity index (χ3v) is 5.93. The van der Waals surface area contributed by atoms with Gasteiger partial charge in [0.1, 0.15) is 0 Å². The Balaban J connectivity index is 2.34. The fraction of sp³-hybridized carbons (Fsp3) is 0.611. The van der Waals surface area contributed by atoms with Crippen LogP contribution in [0.3, 0.4) is 0 Å². The van der Waals surface area contributed by atoms with Crippen molar-refractivity contribution < 1.29 is 13.2 Å². The lowest BCUT2D eigenvalue weighted by atomic mass is 10.1. The number of unbranched alkanes of at least 4 members (excludes halogenated alkanes) is 1. The predicted octanol–water partition coefficient (Wildman–Crippen LogP) is 3.47. The predicted molar refractivity (Wildman–Crippen MR) is 99.6 cm³/mol. The second kappa shape index (κ2) is 9.18. The zero-order chi connectivity index (χ0) is 18.2. The summed E-state index contributed by atoms with van der Waals surface area (Å²) < 4.78 is 25.5. The van der Waals surface area contributed by atoms with Gasteiger partial charge in [0.2, 0.25) is 15.9 Å². The van der Waals surface area contributed by atoms with Crippen LogP contribution >= 0.6 is 0 Å². The molecule has 0 radical (unpaired) electrons. The van der Waals surface area contributed by atoms with Crippen LogP contribution in [-0.4, -0.2) is 25.6 Å². The number of benzene rings is 1. The van der Waals surface area contributed by atoms with Crippen LogP contribution in [0.4, 0.5) is 5.69 Å². The van der Waals surface area contributed by atoms with Crippen molar-refractivity contribution in [3.8, 4) is 0 Å². The second-order valence-corrected chi connectivity index (χ2v) is 9.48. The zero-order valence-electron chi connectivity index (χ0n) is 15.2. The Morgan fingerprint density at radius 3 is 2.25 bits per heavy atom. The summed E-state index contributed by atoms with van der Waals surface area (Å²) in [6.07, 6.45) is 4.13. The van der Waals surface area contributed by atoms with Gasteiger partial charge in [0.15, 0.2) is 0 Å². The van der Waals surface area contributed by atoms with Gasteiger partial charge in [-0.1, -0.05) is 25.5 Å². The van der Waals surface area contributed by atoms with E-state index < -0.39 is 14.8 Å². The molecule has 0 unspecified atom stereocenters. The first kappa shape index (κ1) is 20.6. The molecule has 0 aliphatic carbocycles. The van der Waals surface area contributed by atoms with Crippen LogP contribution in [0.15, 0.2) is 24.3 Å². The molecule has 136 valence electrons. The standard InChI is InChI=1S/C18H30N2O3S/c1-5-6-8-15-10-12-16(13-11-15)20-17(21)9-7-14-19-24(22,23)18(2,3)4/h10-13,19H,5-9,14H2,1-4H3,(H,20,21). The van der Waals surface area contributed by atoms with Gasteiger partial charge in [-0.2, -0.15) is 0 Å². The molecule has 2 N–H and O–H groups in total. The van der Waals surface area contributed by atoms with Crippen molar-refractivity contribution in [2.24, 2.45) is 0 Å². The second-order valence-electron chi connectivity index (χ2n) is 6.96. The lowest BCUT2D eigenvalue weighted by molar-refractivity contribution is -0.116. The van der Waals surface area contributed by atoms with Gasteiger partial charge in [0.25, 0.3) is 0 Å². The van der Waals surface area contributed by atoms with Gasteiger partial charge in [-0.25, -0.2) is 13.1 Å². The van der Waals surface area contributed by atoms with E-state index in [-0.39, 0.29) is 18.9 Å². The minimum atomic E-state index is -3.35. The molecule has 6 heteroatoms. The molecule has 1 amide bonds. The molecule has 0 aliphatic heterocycles. The fourth-order valence-electron chi connectivity index (χ4n) is 2.03. The van der Waals surface area contributed by atoms with Crippen molar-refractivity contribution >= 4 is 21.6 Å². The van der Waals surface area contributed by atoms with Crippen molar-refractivity contribution in [2.45, 2.75) is 64.5 Å². The van der Waals surface area contributed by atoms with Gasteiger partial charge in [-0.05, 0) is 57.7 Å². The third-order valence-electron chi connectivity index (χ3n) is 3.74. The smallest absolute Gasteiger partial charge is 0.224 e. The molecule has 0 heterocycles. The highest BCUT2D eigenvalue weighted by Gasteiger charge is 2.28. The molecule has 1 aromatic carbocycles. The maximum absolute atomic E-state index is 11.9. The van der Waals surface area contributed by atoms with Crippen LogP contribution in [-0.2, 0) is 21.2 Å². The molecule has 5 nitrogen and oxygen atoms in total. The van der Waals surface area contributed by atoms with Crippen molar-refractivity contribution in [1.82, 2.24) is 4.72 Å². The largest absolute Gasteiger partial charge is 0.326 e. The molecular weight excluding hydrogens is 324 g/mol. The summed E-state index contributed by atoms with van der Waals surface area (Å²) >= 11 is 0. The first-order valence-corrected chi connectivity index (χ1v) is 10.0. The Morgan fingerprint density at radius 1 is 1.08 bits per heavy atom. The first-order valence-electron chi connectivity index (χ1n) is 8.53. The summed E-state index contributed by atoms with van der Waals surface area (Å²) in [5.74, 6) is -0.105. The number of anilines is 1. The normalized spacial score (nSPS) is 12.2. The van der Waals surface area contributed by atoms with Crippen LogP contribution in [0, 0.1) is 0 Å². The quantitative estimate of drug-likeness (QED) is 0.667. The topological polar surface area (TPSA) is 75.3 Å². The molecule has 0 aliphatic rings. The number of carbonyl (C=O) groups excluding carboxylic acids is 1. The molecule has 0 saturated carbocycles. The summed E-state index contributed by atoms with van der Waals surface area (Å²) in [4.78, 5) is 11.9. The number of sulfonamides is 1. The monoisotopic (exact) mass is 354 g/mol. The van der Waals surface area contributed by atoms with Crippen LogP contribution in [0.1, 0.15) is 58.9 Å². The number of carbonyl (C=O) groups is 1. The van der Waals surface area contributed by atoms with E-state index in [1.54, 1.807) is 20.8 Å². The summed E-state index contributed by atoms with van der Waals surface area (Å²) in [6.45, 7) is 7.36. The van der Waals surface area contributed by atoms with E-state index in [1.165, 1.54) is 5.56 Å². The Kier molecular flexibility index (Phi) is 7.90. The van der Waals surface area contributed by atoms with Gasteiger partial charge in [-0.15, -0.1) is 0 Å². The van der Waals surface area contributed by atoms with Crippen molar-refractivity contribution in [3.63, 3.8) is 0 Å². The van der Waals surface area contributed by atoms with E-state index in [2.05, 4.69) is 17.0 Å². The zero-order valence-corrected chi connectivity index (χ0v) is 16.0. The highest BCUT2D eigenvalue weighted by atomic mass is 32.2. The van der Waals surface area contributed by atoms with Gasteiger partial charge >= 0.3 is 0 Å². The van der Waals surface area contributed by atoms with Crippen LogP contribution in [0.2, 0.25) is 0 Å². The molecule has 24 heavy (non-hydrogen) atoms. The first-order chi connectivity index (χ1) is 11.2. The molecule has 0 saturated heterocycles. The van der Waals surface area contributed by atoms with E-state index in [0.717, 1.165) is 24.9 Å². The minimum Gasteiger partial charge on any atom is -0.326 e. The van der Waals surface area contributed by atoms with Crippen LogP contribution in [0.5, 0.6) is 0 Å². The molecule has 0 atom stereocenters. The Bertz CT molecular complexity index is 617. The summed E-state index contributed by atoms with van der Waals surface area (Å²) in [7, 11) is -3.35. The average Bonchev–Trinajstić information content (AvgIpc) is 2.50. The molecule has 0 aromatic heterocycles. The van der Waals surface area contributed by atoms with Crippen LogP contribution in [0.25, 0.3) is 0 Å². The van der Waals surface area contributed by atoms with E-state index >= 15 is 0 Å². The van der Waals surface area contributed by atoms with Gasteiger partial charge in [0, 0.05) is 18.7 Å². The lowest BCUT2D eigenvalue weighted by Crippen LogP contribution is -2.39. The van der Waals surface area contributed by atoms with Crippen molar-refractivity contribution in [2.75, 3.05) is 11.9 Å². The van der Waals surface area contributed by atoms with Crippen molar-refractivity contribution in [3.05, 3.63) is 29.8 Å². The molecule has 0 bridgehead atoms. The molecule has 1 aromatic rings. The number of hydrogen-bond donors (Lipinski definition) is 2. The Morgan fingerprint density at radius 2 is 1.71 bits per heavy atom. The van der Waals surface area contributed by atoms with Gasteiger partial charge in [0.05, 0.1) is 4.75 Å². The number of nitrogens with one attached hydrogen (secondary N) is 2. The lowest BCUT2D eigenvalue weighted by Gasteiger charge is -2.19. The minimum absolute atomic E-state index is 0.105. The maximum Gasteiger partial charge on any atom is 0.224 e. The highest BCUT2D eigenvalue weighted by molar-refractivity contribution is 7.90. The maximum atomic E-state index is 11.9. The van der Waals surface area contributed by atoms with Gasteiger partial charge in [-0.3, -0.25) is 4.79 Å². The SMILES string of the molecule is CCCCc1ccc(NC(=O)CCCNS(=O)(=O)C(C)(C)C)cc1. The van der Waals surface area contributed by atoms with Crippen molar-refractivity contribution in [1.29, 1.82) is 0 Å². The molecule has 0 fully saturated rings. The van der Waals surface area contributed by atoms with E-state index in [4.69, 9.17) is 0 Å². The molecule has 1 rings (SSSR count). The number of amides is 1. The Labute approximate surface area is 146 Å². The fourth-order valence-corrected chi connectivity index (χ4v) is 2.88. The van der Waals surface area contributed by atoms with E-state index in [0.29, 0.717) is 6.42 Å². The number of hydrogen-bond acceptors (Lipinski definition) is 3. The third kappa shape index (κ3) is 7.01. The number of aryl methyl sites for hydroxylation is 1. The van der Waals surface area contributed by atoms with E-state index in [1.807, 2.05) is 24.3 Å². The summed E-state index contributed by atoms with van der Waals surface area (Å²) in [5.41, 5.74) is 2.04. The number of rotatable bonds is 9. The van der Waals surface area contributed by atoms with E-state index in [9.17, 15) is 13.2 Å². The molecular formula is C18H30N2O3S. The molecule has 0 spiro atoms. The Hall–Kier alpha value is -1.40. The summed E-state index contributed by atoms with van der Waals surface area (Å²) in [6, 6.07) is 7.88. The average molecular weight is 355 g/mol. The van der Waals surface area contributed by atoms with Crippen LogP contribution < -0.4 is 10.0 Å². The van der Waals surface area contributed by atoms with Gasteiger partial charge < -0.3 is 5.32 Å². The summed E-state index contributed by atoms with van der Waals surface area (Å²) in [5, 5.41) is 2.84.